The SMILES string of the molecule is CC1CCCC(OC(=O)Cc2coc(-c3ccccc3)n2)C1. The third kappa shape index (κ3) is 3.75. The summed E-state index contributed by atoms with van der Waals surface area (Å²) in [5.41, 5.74) is 1.52. The molecule has 0 saturated heterocycles. The molecule has 1 fully saturated rings. The minimum Gasteiger partial charge on any atom is -0.462 e. The van der Waals surface area contributed by atoms with E-state index in [2.05, 4.69) is 11.9 Å². The van der Waals surface area contributed by atoms with Gasteiger partial charge < -0.3 is 9.15 Å². The number of rotatable bonds is 4. The number of benzene rings is 1. The molecule has 1 saturated carbocycles. The minimum atomic E-state index is -0.216. The Labute approximate surface area is 130 Å². The molecule has 0 N–H and O–H groups in total. The zero-order valence-corrected chi connectivity index (χ0v) is 12.8. The predicted octanol–water partition coefficient (Wildman–Crippen LogP) is 4.01. The molecule has 3 rings (SSSR count). The fourth-order valence-electron chi connectivity index (χ4n) is 2.96. The number of aromatic nitrogens is 1. The highest BCUT2D eigenvalue weighted by Crippen LogP contribution is 2.26. The zero-order chi connectivity index (χ0) is 15.4. The predicted molar refractivity (Wildman–Crippen MR) is 83.2 cm³/mol. The zero-order valence-electron chi connectivity index (χ0n) is 12.8. The number of hydrogen-bond donors (Lipinski definition) is 0. The molecule has 1 aromatic heterocycles. The van der Waals surface area contributed by atoms with Crippen molar-refractivity contribution in [1.82, 2.24) is 4.98 Å². The molecule has 1 aliphatic carbocycles. The van der Waals surface area contributed by atoms with Crippen LogP contribution in [0.15, 0.2) is 41.0 Å². The van der Waals surface area contributed by atoms with Crippen molar-refractivity contribution in [3.8, 4) is 11.5 Å². The Bertz CT molecular complexity index is 620. The van der Waals surface area contributed by atoms with Gasteiger partial charge in [-0.1, -0.05) is 31.5 Å². The maximum Gasteiger partial charge on any atom is 0.312 e. The van der Waals surface area contributed by atoms with Gasteiger partial charge in [0.1, 0.15) is 12.4 Å². The van der Waals surface area contributed by atoms with Gasteiger partial charge in [0.15, 0.2) is 0 Å². The number of carbonyl (C=O) groups excluding carboxylic acids is 1. The molecule has 2 aromatic rings. The third-order valence-corrected chi connectivity index (χ3v) is 4.08. The largest absolute Gasteiger partial charge is 0.462 e. The van der Waals surface area contributed by atoms with Crippen LogP contribution in [0.25, 0.3) is 11.5 Å². The molecule has 22 heavy (non-hydrogen) atoms. The molecule has 1 aliphatic rings. The van der Waals surface area contributed by atoms with E-state index < -0.39 is 0 Å². The van der Waals surface area contributed by atoms with E-state index in [1.165, 1.54) is 12.7 Å². The number of esters is 1. The molecule has 1 heterocycles. The molecule has 0 spiro atoms. The van der Waals surface area contributed by atoms with Crippen LogP contribution in [0.1, 0.15) is 38.3 Å². The first-order valence-corrected chi connectivity index (χ1v) is 7.90. The van der Waals surface area contributed by atoms with Gasteiger partial charge in [-0.05, 0) is 37.3 Å². The average Bonchev–Trinajstić information content (AvgIpc) is 2.96. The summed E-state index contributed by atoms with van der Waals surface area (Å²) in [5, 5.41) is 0. The van der Waals surface area contributed by atoms with E-state index in [9.17, 15) is 4.79 Å². The molecule has 0 aliphatic heterocycles. The van der Waals surface area contributed by atoms with Crippen LogP contribution < -0.4 is 0 Å². The second-order valence-corrected chi connectivity index (χ2v) is 6.07. The van der Waals surface area contributed by atoms with E-state index in [0.29, 0.717) is 17.5 Å². The van der Waals surface area contributed by atoms with Crippen LogP contribution in [-0.2, 0) is 16.0 Å². The quantitative estimate of drug-likeness (QED) is 0.801. The van der Waals surface area contributed by atoms with Crippen molar-refractivity contribution in [3.63, 3.8) is 0 Å². The summed E-state index contributed by atoms with van der Waals surface area (Å²) in [5.74, 6) is 0.963. The van der Waals surface area contributed by atoms with Crippen LogP contribution in [0.2, 0.25) is 0 Å². The van der Waals surface area contributed by atoms with Crippen LogP contribution in [-0.4, -0.2) is 17.1 Å². The van der Waals surface area contributed by atoms with Crippen LogP contribution in [0.4, 0.5) is 0 Å². The van der Waals surface area contributed by atoms with E-state index in [4.69, 9.17) is 9.15 Å². The van der Waals surface area contributed by atoms with Crippen LogP contribution in [0.3, 0.4) is 0 Å². The van der Waals surface area contributed by atoms with Gasteiger partial charge in [-0.3, -0.25) is 4.79 Å². The normalized spacial score (nSPS) is 21.5. The Morgan fingerprint density at radius 2 is 2.14 bits per heavy atom. The lowest BCUT2D eigenvalue weighted by Gasteiger charge is -2.26. The van der Waals surface area contributed by atoms with Crippen molar-refractivity contribution in [2.24, 2.45) is 5.92 Å². The highest BCUT2D eigenvalue weighted by Gasteiger charge is 2.22. The van der Waals surface area contributed by atoms with Gasteiger partial charge in [0.25, 0.3) is 0 Å². The fourth-order valence-corrected chi connectivity index (χ4v) is 2.96. The number of ether oxygens (including phenoxy) is 1. The molecule has 2 atom stereocenters. The maximum atomic E-state index is 12.0. The molecule has 2 unspecified atom stereocenters. The smallest absolute Gasteiger partial charge is 0.312 e. The fraction of sp³-hybridized carbons (Fsp3) is 0.444. The van der Waals surface area contributed by atoms with Crippen LogP contribution in [0.5, 0.6) is 0 Å². The second-order valence-electron chi connectivity index (χ2n) is 6.07. The molecule has 0 amide bonds. The van der Waals surface area contributed by atoms with Crippen molar-refractivity contribution in [3.05, 3.63) is 42.3 Å². The van der Waals surface area contributed by atoms with Crippen LogP contribution >= 0.6 is 0 Å². The van der Waals surface area contributed by atoms with E-state index >= 15 is 0 Å². The Morgan fingerprint density at radius 3 is 2.91 bits per heavy atom. The number of hydrogen-bond acceptors (Lipinski definition) is 4. The lowest BCUT2D eigenvalue weighted by Crippen LogP contribution is -2.25. The van der Waals surface area contributed by atoms with Crippen molar-refractivity contribution < 1.29 is 13.9 Å². The minimum absolute atomic E-state index is 0.0664. The summed E-state index contributed by atoms with van der Waals surface area (Å²) in [6.07, 6.45) is 6.09. The van der Waals surface area contributed by atoms with E-state index in [1.54, 1.807) is 0 Å². The van der Waals surface area contributed by atoms with Gasteiger partial charge in [-0.25, -0.2) is 4.98 Å². The molecular formula is C18H21NO3. The molecule has 4 heteroatoms. The summed E-state index contributed by atoms with van der Waals surface area (Å²) >= 11 is 0. The highest BCUT2D eigenvalue weighted by atomic mass is 16.5. The monoisotopic (exact) mass is 299 g/mol. The molecule has 116 valence electrons. The summed E-state index contributed by atoms with van der Waals surface area (Å²) in [7, 11) is 0. The molecule has 0 bridgehead atoms. The van der Waals surface area contributed by atoms with Crippen LogP contribution in [0, 0.1) is 5.92 Å². The lowest BCUT2D eigenvalue weighted by molar-refractivity contribution is -0.150. The maximum absolute atomic E-state index is 12.0. The second kappa shape index (κ2) is 6.77. The Kier molecular flexibility index (Phi) is 4.56. The molecule has 0 radical (unpaired) electrons. The van der Waals surface area contributed by atoms with Gasteiger partial charge in [0, 0.05) is 5.56 Å². The van der Waals surface area contributed by atoms with Crippen molar-refractivity contribution in [2.75, 3.05) is 0 Å². The third-order valence-electron chi connectivity index (χ3n) is 4.08. The number of nitrogens with zero attached hydrogens (tertiary/aromatic N) is 1. The van der Waals surface area contributed by atoms with Gasteiger partial charge in [-0.2, -0.15) is 0 Å². The lowest BCUT2D eigenvalue weighted by atomic mass is 9.89. The average molecular weight is 299 g/mol. The van der Waals surface area contributed by atoms with Gasteiger partial charge in [0.05, 0.1) is 12.1 Å². The molecule has 1 aromatic carbocycles. The Hall–Kier alpha value is -2.10. The highest BCUT2D eigenvalue weighted by molar-refractivity contribution is 5.72. The first kappa shape index (κ1) is 14.8. The van der Waals surface area contributed by atoms with E-state index in [0.717, 1.165) is 24.8 Å². The summed E-state index contributed by atoms with van der Waals surface area (Å²) < 4.78 is 11.0. The Balaban J connectivity index is 1.57. The first-order chi connectivity index (χ1) is 10.7. The van der Waals surface area contributed by atoms with Gasteiger partial charge >= 0.3 is 5.97 Å². The topological polar surface area (TPSA) is 52.3 Å². The van der Waals surface area contributed by atoms with Crippen molar-refractivity contribution >= 4 is 5.97 Å². The summed E-state index contributed by atoms with van der Waals surface area (Å²) in [6.45, 7) is 2.21. The molecule has 4 nitrogen and oxygen atoms in total. The van der Waals surface area contributed by atoms with Crippen molar-refractivity contribution in [2.45, 2.75) is 45.1 Å². The number of carbonyl (C=O) groups is 1. The standard InChI is InChI=1S/C18H21NO3/c1-13-6-5-9-16(10-13)22-17(20)11-15-12-21-18(19-15)14-7-3-2-4-8-14/h2-4,7-8,12-13,16H,5-6,9-11H2,1H3. The summed E-state index contributed by atoms with van der Waals surface area (Å²) in [4.78, 5) is 16.4. The van der Waals surface area contributed by atoms with E-state index in [1.807, 2.05) is 30.3 Å². The van der Waals surface area contributed by atoms with Gasteiger partial charge in [-0.15, -0.1) is 0 Å². The number of oxazole rings is 1. The van der Waals surface area contributed by atoms with E-state index in [-0.39, 0.29) is 18.5 Å². The summed E-state index contributed by atoms with van der Waals surface area (Å²) in [6, 6.07) is 9.65. The van der Waals surface area contributed by atoms with Gasteiger partial charge in [0.2, 0.25) is 5.89 Å². The first-order valence-electron chi connectivity index (χ1n) is 7.90. The van der Waals surface area contributed by atoms with Crippen molar-refractivity contribution in [1.29, 1.82) is 0 Å². The molecular weight excluding hydrogens is 278 g/mol. The Morgan fingerprint density at radius 1 is 1.32 bits per heavy atom.